The summed E-state index contributed by atoms with van der Waals surface area (Å²) in [6, 6.07) is 10.8. The van der Waals surface area contributed by atoms with Gasteiger partial charge in [-0.2, -0.15) is 0 Å². The second-order valence-corrected chi connectivity index (χ2v) is 10.5. The van der Waals surface area contributed by atoms with E-state index in [1.54, 1.807) is 18.3 Å². The van der Waals surface area contributed by atoms with Crippen LogP contribution in [-0.2, 0) is 4.79 Å². The first-order chi connectivity index (χ1) is 16.1. The largest absolute Gasteiger partial charge is 0.451 e. The quantitative estimate of drug-likeness (QED) is 0.479. The first kappa shape index (κ1) is 24.3. The maximum atomic E-state index is 13.7. The highest BCUT2D eigenvalue weighted by Gasteiger charge is 2.34. The van der Waals surface area contributed by atoms with Gasteiger partial charge >= 0.3 is 0 Å². The summed E-state index contributed by atoms with van der Waals surface area (Å²) >= 11 is 6.16. The van der Waals surface area contributed by atoms with Crippen LogP contribution in [0.4, 0.5) is 0 Å². The van der Waals surface area contributed by atoms with Crippen molar-refractivity contribution in [3.8, 4) is 0 Å². The predicted molar refractivity (Wildman–Crippen MR) is 134 cm³/mol. The van der Waals surface area contributed by atoms with Gasteiger partial charge in [-0.25, -0.2) is 0 Å². The number of pyridine rings is 1. The lowest BCUT2D eigenvalue weighted by molar-refractivity contribution is -0.129. The molecule has 2 atom stereocenters. The van der Waals surface area contributed by atoms with E-state index in [4.69, 9.17) is 16.0 Å². The van der Waals surface area contributed by atoms with E-state index in [0.29, 0.717) is 29.3 Å². The van der Waals surface area contributed by atoms with E-state index in [2.05, 4.69) is 10.3 Å². The van der Waals surface area contributed by atoms with Crippen molar-refractivity contribution < 1.29 is 14.0 Å². The Labute approximate surface area is 205 Å². The molecule has 34 heavy (non-hydrogen) atoms. The van der Waals surface area contributed by atoms with Gasteiger partial charge < -0.3 is 14.6 Å². The highest BCUT2D eigenvalue weighted by molar-refractivity contribution is 6.31. The monoisotopic (exact) mass is 481 g/mol. The Morgan fingerprint density at radius 2 is 2.03 bits per heavy atom. The fourth-order valence-corrected chi connectivity index (χ4v) is 4.70. The van der Waals surface area contributed by atoms with Crippen LogP contribution in [0.2, 0.25) is 5.02 Å². The lowest BCUT2D eigenvalue weighted by atomic mass is 9.91. The molecule has 180 valence electrons. The third-order valence-electron chi connectivity index (χ3n) is 6.52. The fourth-order valence-electron chi connectivity index (χ4n) is 4.52. The van der Waals surface area contributed by atoms with Crippen molar-refractivity contribution in [1.82, 2.24) is 15.2 Å². The van der Waals surface area contributed by atoms with Gasteiger partial charge in [0.15, 0.2) is 5.76 Å². The van der Waals surface area contributed by atoms with Gasteiger partial charge in [-0.1, -0.05) is 38.4 Å². The first-order valence-corrected chi connectivity index (χ1v) is 12.2. The highest BCUT2D eigenvalue weighted by atomic mass is 35.5. The summed E-state index contributed by atoms with van der Waals surface area (Å²) in [6.07, 6.45) is 5.17. The average Bonchev–Trinajstić information content (AvgIpc) is 3.14. The molecule has 1 aliphatic heterocycles. The zero-order chi connectivity index (χ0) is 24.5. The van der Waals surface area contributed by atoms with E-state index in [1.807, 2.05) is 56.9 Å². The number of hydrogen-bond acceptors (Lipinski definition) is 4. The molecular formula is C27H32ClN3O3. The minimum absolute atomic E-state index is 0.0373. The Balaban J connectivity index is 1.62. The van der Waals surface area contributed by atoms with Crippen molar-refractivity contribution in [2.24, 2.45) is 5.41 Å². The van der Waals surface area contributed by atoms with Crippen LogP contribution in [0.15, 0.2) is 47.0 Å². The van der Waals surface area contributed by atoms with Crippen LogP contribution in [0.25, 0.3) is 11.0 Å². The molecule has 1 saturated heterocycles. The number of carbonyl (C=O) groups excluding carboxylic acids is 2. The second kappa shape index (κ2) is 9.79. The molecule has 6 nitrogen and oxygen atoms in total. The van der Waals surface area contributed by atoms with Crippen molar-refractivity contribution in [3.63, 3.8) is 0 Å². The number of nitrogens with one attached hydrogen (secondary N) is 1. The van der Waals surface area contributed by atoms with E-state index < -0.39 is 5.41 Å². The molecule has 7 heteroatoms. The summed E-state index contributed by atoms with van der Waals surface area (Å²) in [5, 5.41) is 4.65. The van der Waals surface area contributed by atoms with Gasteiger partial charge in [0.25, 0.3) is 5.91 Å². The molecule has 3 aromatic rings. The second-order valence-electron chi connectivity index (χ2n) is 10.1. The summed E-state index contributed by atoms with van der Waals surface area (Å²) < 4.78 is 5.98. The third kappa shape index (κ3) is 5.12. The number of benzene rings is 1. The summed E-state index contributed by atoms with van der Waals surface area (Å²) in [5.74, 6) is 0.204. The summed E-state index contributed by atoms with van der Waals surface area (Å²) in [7, 11) is 0. The molecule has 0 aliphatic carbocycles. The molecule has 1 aromatic carbocycles. The van der Waals surface area contributed by atoms with Crippen LogP contribution >= 0.6 is 11.6 Å². The third-order valence-corrected chi connectivity index (χ3v) is 6.75. The number of aromatic nitrogens is 1. The normalized spacial score (nSPS) is 17.6. The van der Waals surface area contributed by atoms with Gasteiger partial charge in [-0.15, -0.1) is 0 Å². The zero-order valence-corrected chi connectivity index (χ0v) is 21.0. The van der Waals surface area contributed by atoms with Gasteiger partial charge in [0.2, 0.25) is 5.91 Å². The smallest absolute Gasteiger partial charge is 0.290 e. The van der Waals surface area contributed by atoms with Crippen LogP contribution in [0.1, 0.15) is 74.3 Å². The Morgan fingerprint density at radius 3 is 2.74 bits per heavy atom. The number of piperidine rings is 1. The maximum Gasteiger partial charge on any atom is 0.290 e. The summed E-state index contributed by atoms with van der Waals surface area (Å²) in [4.78, 5) is 33.0. The van der Waals surface area contributed by atoms with Gasteiger partial charge in [0.05, 0.1) is 11.7 Å². The Kier molecular flexibility index (Phi) is 6.99. The van der Waals surface area contributed by atoms with Gasteiger partial charge in [0.1, 0.15) is 5.58 Å². The number of furan rings is 1. The van der Waals surface area contributed by atoms with Gasteiger partial charge in [-0.3, -0.25) is 14.6 Å². The molecule has 2 aromatic heterocycles. The summed E-state index contributed by atoms with van der Waals surface area (Å²) in [6.45, 7) is 8.23. The molecule has 0 saturated carbocycles. The molecular weight excluding hydrogens is 450 g/mol. The van der Waals surface area contributed by atoms with E-state index in [-0.39, 0.29) is 23.9 Å². The lowest BCUT2D eigenvalue weighted by Gasteiger charge is -2.37. The van der Waals surface area contributed by atoms with Crippen LogP contribution in [0.5, 0.6) is 0 Å². The van der Waals surface area contributed by atoms with Crippen LogP contribution in [0, 0.1) is 12.3 Å². The number of hydrogen-bond donors (Lipinski definition) is 1. The number of halogens is 1. The van der Waals surface area contributed by atoms with Crippen molar-refractivity contribution in [1.29, 1.82) is 0 Å². The van der Waals surface area contributed by atoms with Crippen molar-refractivity contribution in [3.05, 3.63) is 64.6 Å². The standard InChI is InChI=1S/C27H32ClN3O3/c1-17-20-15-18(28)11-12-23(20)34-24(17)25(32)31-14-8-6-9-19(31)16-22(21-10-5-7-13-29-21)30-26(33)27(2,3)4/h5,7,10-13,15,19,22H,6,8-9,14,16H2,1-4H3,(H,30,33)/t19-,22-/m0/s1. The minimum atomic E-state index is -0.526. The van der Waals surface area contributed by atoms with Crippen LogP contribution in [0.3, 0.4) is 0 Å². The average molecular weight is 482 g/mol. The number of rotatable bonds is 5. The molecule has 1 N–H and O–H groups in total. The maximum absolute atomic E-state index is 13.7. The number of likely N-dealkylation sites (tertiary alicyclic amines) is 1. The fraction of sp³-hybridized carbons (Fsp3) is 0.444. The van der Waals surface area contributed by atoms with Crippen LogP contribution in [-0.4, -0.2) is 34.3 Å². The number of amides is 2. The Bertz CT molecular complexity index is 1180. The van der Waals surface area contributed by atoms with E-state index >= 15 is 0 Å². The molecule has 0 bridgehead atoms. The van der Waals surface area contributed by atoms with Crippen molar-refractivity contribution in [2.45, 2.75) is 65.5 Å². The molecule has 2 amide bonds. The number of fused-ring (bicyclic) bond motifs is 1. The molecule has 0 spiro atoms. The van der Waals surface area contributed by atoms with E-state index in [0.717, 1.165) is 35.9 Å². The highest BCUT2D eigenvalue weighted by Crippen LogP contribution is 2.32. The SMILES string of the molecule is Cc1c(C(=O)N2CCCC[C@H]2C[C@H](NC(=O)C(C)(C)C)c2ccccn2)oc2ccc(Cl)cc12. The topological polar surface area (TPSA) is 75.4 Å². The van der Waals surface area contributed by atoms with Crippen molar-refractivity contribution >= 4 is 34.4 Å². The molecule has 0 radical (unpaired) electrons. The molecule has 3 heterocycles. The molecule has 4 rings (SSSR count). The Hall–Kier alpha value is -2.86. The minimum Gasteiger partial charge on any atom is -0.451 e. The van der Waals surface area contributed by atoms with Gasteiger partial charge in [0, 0.05) is 40.2 Å². The first-order valence-electron chi connectivity index (χ1n) is 11.9. The molecule has 0 unspecified atom stereocenters. The lowest BCUT2D eigenvalue weighted by Crippen LogP contribution is -2.47. The molecule has 1 fully saturated rings. The number of carbonyl (C=O) groups is 2. The number of aryl methyl sites for hydroxylation is 1. The number of nitrogens with zero attached hydrogens (tertiary/aromatic N) is 2. The Morgan fingerprint density at radius 1 is 1.24 bits per heavy atom. The van der Waals surface area contributed by atoms with E-state index in [1.165, 1.54) is 0 Å². The zero-order valence-electron chi connectivity index (χ0n) is 20.2. The van der Waals surface area contributed by atoms with E-state index in [9.17, 15) is 9.59 Å². The predicted octanol–water partition coefficient (Wildman–Crippen LogP) is 6.08. The van der Waals surface area contributed by atoms with Gasteiger partial charge in [-0.05, 0) is 62.9 Å². The van der Waals surface area contributed by atoms with Crippen molar-refractivity contribution in [2.75, 3.05) is 6.54 Å². The van der Waals surface area contributed by atoms with Crippen LogP contribution < -0.4 is 5.32 Å². The molecule has 1 aliphatic rings. The summed E-state index contributed by atoms with van der Waals surface area (Å²) in [5.41, 5.74) is 1.73.